The van der Waals surface area contributed by atoms with Gasteiger partial charge >= 0.3 is 0 Å². The summed E-state index contributed by atoms with van der Waals surface area (Å²) in [5.74, 6) is 0.130. The summed E-state index contributed by atoms with van der Waals surface area (Å²) in [5, 5.41) is 10.2. The van der Waals surface area contributed by atoms with Crippen molar-refractivity contribution < 1.29 is 19.0 Å². The van der Waals surface area contributed by atoms with Crippen LogP contribution in [0.25, 0.3) is 27.9 Å². The Labute approximate surface area is 170 Å². The molecule has 1 aliphatic rings. The lowest BCUT2D eigenvalue weighted by molar-refractivity contribution is -0.130. The normalized spacial score (nSPS) is 19.1. The van der Waals surface area contributed by atoms with E-state index in [0.717, 1.165) is 5.52 Å². The fraction of sp³-hybridized carbons (Fsp3) is 0.286. The lowest BCUT2D eigenvalue weighted by Crippen LogP contribution is -2.30. The number of ether oxygens (including phenoxy) is 1. The molecule has 9 heteroatoms. The lowest BCUT2D eigenvalue weighted by Gasteiger charge is -2.22. The first-order valence-corrected chi connectivity index (χ1v) is 9.61. The van der Waals surface area contributed by atoms with Crippen molar-refractivity contribution in [1.82, 2.24) is 24.3 Å². The Bertz CT molecular complexity index is 1280. The van der Waals surface area contributed by atoms with E-state index in [1.807, 2.05) is 10.5 Å². The zero-order valence-corrected chi connectivity index (χ0v) is 16.5. The summed E-state index contributed by atoms with van der Waals surface area (Å²) in [6.07, 6.45) is 3.20. The van der Waals surface area contributed by atoms with Gasteiger partial charge in [0.05, 0.1) is 42.2 Å². The first-order valence-electron chi connectivity index (χ1n) is 9.61. The minimum atomic E-state index is -0.628. The minimum absolute atomic E-state index is 0.135. The average molecular weight is 409 g/mol. The van der Waals surface area contributed by atoms with Gasteiger partial charge in [-0.05, 0) is 24.3 Å². The van der Waals surface area contributed by atoms with Crippen LogP contribution in [0.5, 0.6) is 5.75 Å². The van der Waals surface area contributed by atoms with E-state index in [-0.39, 0.29) is 18.2 Å². The number of H-pyrrole nitrogens is 1. The molecule has 0 saturated carbocycles. The number of benzene rings is 1. The van der Waals surface area contributed by atoms with Crippen LogP contribution in [0.2, 0.25) is 0 Å². The van der Waals surface area contributed by atoms with Gasteiger partial charge in [-0.2, -0.15) is 0 Å². The monoisotopic (exact) mass is 409 g/mol. The van der Waals surface area contributed by atoms with Crippen molar-refractivity contribution in [3.63, 3.8) is 0 Å². The molecule has 0 unspecified atom stereocenters. The third-order valence-corrected chi connectivity index (χ3v) is 5.61. The number of hydrogen-bond donors (Lipinski definition) is 2. The first-order chi connectivity index (χ1) is 14.5. The molecule has 8 nitrogen and oxygen atoms in total. The number of hydrogen-bond acceptors (Lipinski definition) is 5. The number of carbonyl (C=O) groups is 1. The predicted octanol–water partition coefficient (Wildman–Crippen LogP) is 2.68. The predicted molar refractivity (Wildman–Crippen MR) is 108 cm³/mol. The van der Waals surface area contributed by atoms with Crippen LogP contribution >= 0.6 is 0 Å². The van der Waals surface area contributed by atoms with E-state index >= 15 is 0 Å². The number of aliphatic hydroxyl groups excluding tert-OH is 1. The van der Waals surface area contributed by atoms with Crippen molar-refractivity contribution in [3.8, 4) is 17.0 Å². The summed E-state index contributed by atoms with van der Waals surface area (Å²) >= 11 is 0. The number of imidazole rings is 1. The van der Waals surface area contributed by atoms with Gasteiger partial charge in [0.15, 0.2) is 17.2 Å². The number of aromatic nitrogens is 4. The maximum atomic E-state index is 14.4. The number of amides is 1. The molecule has 0 bridgehead atoms. The number of likely N-dealkylation sites (tertiary alicyclic amines) is 1. The van der Waals surface area contributed by atoms with E-state index in [0.29, 0.717) is 34.7 Å². The lowest BCUT2D eigenvalue weighted by atomic mass is 10.1. The van der Waals surface area contributed by atoms with Crippen LogP contribution in [0.3, 0.4) is 0 Å². The molecular weight excluding hydrogens is 389 g/mol. The van der Waals surface area contributed by atoms with Crippen LogP contribution in [0, 0.1) is 5.82 Å². The molecule has 154 valence electrons. The number of aliphatic hydroxyl groups is 1. The minimum Gasteiger partial charge on any atom is -0.494 e. The Morgan fingerprint density at radius 1 is 1.33 bits per heavy atom. The molecule has 1 amide bonds. The molecule has 0 aliphatic carbocycles. The summed E-state index contributed by atoms with van der Waals surface area (Å²) < 4.78 is 21.3. The summed E-state index contributed by atoms with van der Waals surface area (Å²) in [4.78, 5) is 26.2. The summed E-state index contributed by atoms with van der Waals surface area (Å²) in [5.41, 5.74) is 3.27. The van der Waals surface area contributed by atoms with Gasteiger partial charge in [0, 0.05) is 31.6 Å². The number of rotatable bonds is 3. The van der Waals surface area contributed by atoms with Crippen LogP contribution in [0.1, 0.15) is 25.2 Å². The molecule has 1 aliphatic heterocycles. The van der Waals surface area contributed by atoms with Crippen LogP contribution in [-0.4, -0.2) is 55.0 Å². The highest BCUT2D eigenvalue weighted by molar-refractivity contribution is 5.84. The molecule has 2 N–H and O–H groups in total. The van der Waals surface area contributed by atoms with E-state index in [9.17, 15) is 14.3 Å². The van der Waals surface area contributed by atoms with E-state index < -0.39 is 18.0 Å². The third kappa shape index (κ3) is 2.73. The van der Waals surface area contributed by atoms with Crippen molar-refractivity contribution in [2.75, 3.05) is 13.7 Å². The van der Waals surface area contributed by atoms with Crippen molar-refractivity contribution in [1.29, 1.82) is 0 Å². The number of nitrogens with one attached hydrogen (secondary N) is 1. The van der Waals surface area contributed by atoms with Crippen LogP contribution < -0.4 is 4.74 Å². The van der Waals surface area contributed by atoms with Crippen molar-refractivity contribution in [2.24, 2.45) is 0 Å². The number of fused-ring (bicyclic) bond motifs is 3. The van der Waals surface area contributed by atoms with Gasteiger partial charge in [-0.3, -0.25) is 9.20 Å². The Hall–Kier alpha value is -3.46. The Morgan fingerprint density at radius 2 is 2.17 bits per heavy atom. The second kappa shape index (κ2) is 6.81. The zero-order valence-electron chi connectivity index (χ0n) is 16.5. The standard InChI is InChI=1S/C21H20FN5O3/c1-11(28)26-10-13(29)8-16(26)21-25-19(12-3-4-18(30-2)14(22)7-12)17-9-24-20-15(27(17)21)5-6-23-20/h3-7,9,13,16,23,29H,8,10H2,1-2H3/t13-,16-/m1/s1. The second-order valence-corrected chi connectivity index (χ2v) is 7.44. The Balaban J connectivity index is 1.78. The number of carbonyl (C=O) groups excluding carboxylic acids is 1. The van der Waals surface area contributed by atoms with Crippen molar-refractivity contribution >= 4 is 22.6 Å². The van der Waals surface area contributed by atoms with Gasteiger partial charge < -0.3 is 19.7 Å². The van der Waals surface area contributed by atoms with Gasteiger partial charge in [0.1, 0.15) is 5.82 Å². The van der Waals surface area contributed by atoms with Gasteiger partial charge in [0.2, 0.25) is 5.91 Å². The van der Waals surface area contributed by atoms with E-state index in [4.69, 9.17) is 9.72 Å². The van der Waals surface area contributed by atoms with Crippen molar-refractivity contribution in [2.45, 2.75) is 25.5 Å². The van der Waals surface area contributed by atoms with E-state index in [1.54, 1.807) is 29.4 Å². The average Bonchev–Trinajstić information content (AvgIpc) is 3.43. The first kappa shape index (κ1) is 18.6. The number of nitrogens with zero attached hydrogens (tertiary/aromatic N) is 4. The van der Waals surface area contributed by atoms with E-state index in [1.165, 1.54) is 20.1 Å². The molecule has 1 saturated heterocycles. The maximum Gasteiger partial charge on any atom is 0.220 e. The molecule has 4 heterocycles. The van der Waals surface area contributed by atoms with E-state index in [2.05, 4.69) is 9.97 Å². The van der Waals surface area contributed by atoms with Crippen molar-refractivity contribution in [3.05, 3.63) is 48.3 Å². The number of β-amino-alcohol motifs (C(OH)–C–C–N with tert-alkyl or cyclic N) is 1. The highest BCUT2D eigenvalue weighted by Gasteiger charge is 2.37. The molecule has 2 atom stereocenters. The molecule has 30 heavy (non-hydrogen) atoms. The second-order valence-electron chi connectivity index (χ2n) is 7.44. The molecular formula is C21H20FN5O3. The van der Waals surface area contributed by atoms with Gasteiger partial charge in [0.25, 0.3) is 0 Å². The molecule has 0 radical (unpaired) electrons. The van der Waals surface area contributed by atoms with Gasteiger partial charge in [-0.15, -0.1) is 0 Å². The molecule has 3 aromatic heterocycles. The maximum absolute atomic E-state index is 14.4. The molecule has 4 aromatic rings. The molecule has 5 rings (SSSR count). The fourth-order valence-electron chi connectivity index (χ4n) is 4.24. The number of aromatic amines is 1. The fourth-order valence-corrected chi connectivity index (χ4v) is 4.24. The van der Waals surface area contributed by atoms with Crippen LogP contribution in [-0.2, 0) is 4.79 Å². The summed E-state index contributed by atoms with van der Waals surface area (Å²) in [6, 6.07) is 6.14. The van der Waals surface area contributed by atoms with Crippen LogP contribution in [0.15, 0.2) is 36.7 Å². The molecule has 1 fully saturated rings. The van der Waals surface area contributed by atoms with Crippen LogP contribution in [0.4, 0.5) is 4.39 Å². The SMILES string of the molecule is COc1ccc(-c2nc([C@H]3C[C@@H](O)CN3C(C)=O)n3c2cnc2[nH]ccc23)cc1F. The van der Waals surface area contributed by atoms with Gasteiger partial charge in [-0.25, -0.2) is 14.4 Å². The smallest absolute Gasteiger partial charge is 0.220 e. The largest absolute Gasteiger partial charge is 0.494 e. The topological polar surface area (TPSA) is 95.8 Å². The van der Waals surface area contributed by atoms with Gasteiger partial charge in [-0.1, -0.05) is 0 Å². The quantitative estimate of drug-likeness (QED) is 0.542. The molecule has 1 aromatic carbocycles. The zero-order chi connectivity index (χ0) is 21.0. The number of methoxy groups -OCH3 is 1. The highest BCUT2D eigenvalue weighted by atomic mass is 19.1. The third-order valence-electron chi connectivity index (χ3n) is 5.61. The highest BCUT2D eigenvalue weighted by Crippen LogP contribution is 2.37. The number of halogens is 1. The molecule has 0 spiro atoms. The summed E-state index contributed by atoms with van der Waals surface area (Å²) in [7, 11) is 1.41. The Morgan fingerprint density at radius 3 is 2.90 bits per heavy atom. The summed E-state index contributed by atoms with van der Waals surface area (Å²) in [6.45, 7) is 1.73. The Kier molecular flexibility index (Phi) is 4.21.